The highest BCUT2D eigenvalue weighted by Gasteiger charge is 2.18. The molecular weight excluding hydrogens is 480 g/mol. The Morgan fingerprint density at radius 1 is 1.06 bits per heavy atom. The molecule has 0 aliphatic rings. The summed E-state index contributed by atoms with van der Waals surface area (Å²) in [4.78, 5) is 17.0. The van der Waals surface area contributed by atoms with Gasteiger partial charge in [0.1, 0.15) is 11.4 Å². The lowest BCUT2D eigenvalue weighted by Crippen LogP contribution is -2.27. The molecule has 3 heterocycles. The zero-order valence-electron chi connectivity index (χ0n) is 19.2. The Morgan fingerprint density at radius 3 is 2.37 bits per heavy atom. The summed E-state index contributed by atoms with van der Waals surface area (Å²) < 4.78 is 37.3. The van der Waals surface area contributed by atoms with Gasteiger partial charge >= 0.3 is 12.5 Å². The number of carbonyl (C=O) groups is 1. The van der Waals surface area contributed by atoms with E-state index in [1.807, 2.05) is 11.6 Å². The molecular formula is C22H21F2N7O3S. The van der Waals surface area contributed by atoms with Crippen LogP contribution in [0.25, 0.3) is 22.8 Å². The van der Waals surface area contributed by atoms with Gasteiger partial charge in [-0.3, -0.25) is 5.32 Å². The molecule has 0 saturated carbocycles. The lowest BCUT2D eigenvalue weighted by atomic mass is 10.2. The Morgan fingerprint density at radius 2 is 1.77 bits per heavy atom. The summed E-state index contributed by atoms with van der Waals surface area (Å²) in [5.41, 5.74) is 0.628. The number of ether oxygens (including phenoxy) is 1. The van der Waals surface area contributed by atoms with E-state index in [-0.39, 0.29) is 5.89 Å². The fourth-order valence-electron chi connectivity index (χ4n) is 2.87. The minimum absolute atomic E-state index is 0.0231. The number of nitrogens with zero attached hydrogens (tertiary/aromatic N) is 6. The maximum atomic E-state index is 12.6. The van der Waals surface area contributed by atoms with E-state index in [0.717, 1.165) is 4.90 Å². The number of amides is 1. The number of pyridine rings is 1. The van der Waals surface area contributed by atoms with Crippen molar-refractivity contribution in [2.24, 2.45) is 7.05 Å². The molecule has 0 spiro atoms. The van der Waals surface area contributed by atoms with E-state index in [2.05, 4.69) is 30.7 Å². The molecule has 1 amide bonds. The number of halogens is 2. The van der Waals surface area contributed by atoms with Gasteiger partial charge in [-0.15, -0.1) is 20.4 Å². The summed E-state index contributed by atoms with van der Waals surface area (Å²) in [5, 5.41) is 18.7. The van der Waals surface area contributed by atoms with Gasteiger partial charge in [-0.05, 0) is 68.9 Å². The predicted molar refractivity (Wildman–Crippen MR) is 123 cm³/mol. The first-order valence-corrected chi connectivity index (χ1v) is 11.2. The molecule has 0 fully saturated rings. The summed E-state index contributed by atoms with van der Waals surface area (Å²) in [6, 6.07) is 10.4. The molecule has 0 bridgehead atoms. The topological polar surface area (TPSA) is 121 Å². The highest BCUT2D eigenvalue weighted by Crippen LogP contribution is 2.31. The average Bonchev–Trinajstić information content (AvgIpc) is 3.42. The lowest BCUT2D eigenvalue weighted by molar-refractivity contribution is 0.0635. The number of alkyl halides is 2. The van der Waals surface area contributed by atoms with Gasteiger partial charge in [0.25, 0.3) is 5.89 Å². The number of aromatic nitrogens is 6. The third-order valence-corrected chi connectivity index (χ3v) is 5.47. The van der Waals surface area contributed by atoms with E-state index in [1.54, 1.807) is 63.4 Å². The Kier molecular flexibility index (Phi) is 6.78. The first kappa shape index (κ1) is 24.3. The summed E-state index contributed by atoms with van der Waals surface area (Å²) in [7, 11) is 1.82. The largest absolute Gasteiger partial charge is 0.444 e. The second-order valence-corrected chi connectivity index (χ2v) is 9.34. The SMILES string of the molecule is Cn1c(Sc2ccc(-c3nnc(C(F)F)o3)cc2)nnc1-c1ccc(NC(=O)OC(C)(C)C)nc1. The first-order chi connectivity index (χ1) is 16.6. The zero-order valence-corrected chi connectivity index (χ0v) is 20.0. The van der Waals surface area contributed by atoms with Gasteiger partial charge in [0, 0.05) is 29.3 Å². The molecule has 1 aromatic carbocycles. The molecule has 10 nitrogen and oxygen atoms in total. The smallest absolute Gasteiger partial charge is 0.413 e. The van der Waals surface area contributed by atoms with Crippen LogP contribution in [0.2, 0.25) is 0 Å². The number of hydrogen-bond donors (Lipinski definition) is 1. The number of anilines is 1. The predicted octanol–water partition coefficient (Wildman–Crippen LogP) is 5.36. The van der Waals surface area contributed by atoms with Crippen molar-refractivity contribution in [2.45, 2.75) is 42.8 Å². The van der Waals surface area contributed by atoms with Gasteiger partial charge < -0.3 is 13.7 Å². The Bertz CT molecular complexity index is 1320. The van der Waals surface area contributed by atoms with E-state index in [0.29, 0.717) is 27.9 Å². The monoisotopic (exact) mass is 501 g/mol. The van der Waals surface area contributed by atoms with Gasteiger partial charge in [-0.1, -0.05) is 0 Å². The normalized spacial score (nSPS) is 11.6. The van der Waals surface area contributed by atoms with Gasteiger partial charge in [-0.2, -0.15) is 8.78 Å². The van der Waals surface area contributed by atoms with Crippen LogP contribution in [-0.4, -0.2) is 41.6 Å². The van der Waals surface area contributed by atoms with Crippen LogP contribution in [-0.2, 0) is 11.8 Å². The molecule has 0 atom stereocenters. The minimum atomic E-state index is -2.82. The summed E-state index contributed by atoms with van der Waals surface area (Å²) >= 11 is 1.37. The van der Waals surface area contributed by atoms with Crippen molar-refractivity contribution in [1.82, 2.24) is 29.9 Å². The van der Waals surface area contributed by atoms with Crippen molar-refractivity contribution < 1.29 is 22.7 Å². The summed E-state index contributed by atoms with van der Waals surface area (Å²) in [5.74, 6) is 0.246. The number of rotatable bonds is 6. The van der Waals surface area contributed by atoms with Crippen LogP contribution in [0.1, 0.15) is 33.1 Å². The van der Waals surface area contributed by atoms with Crippen molar-refractivity contribution in [3.63, 3.8) is 0 Å². The van der Waals surface area contributed by atoms with Crippen molar-refractivity contribution in [2.75, 3.05) is 5.32 Å². The third kappa shape index (κ3) is 5.98. The van der Waals surface area contributed by atoms with Crippen LogP contribution in [0.15, 0.2) is 57.1 Å². The molecule has 13 heteroatoms. The molecule has 0 saturated heterocycles. The molecule has 4 aromatic rings. The van der Waals surface area contributed by atoms with E-state index in [4.69, 9.17) is 9.15 Å². The fraction of sp³-hybridized carbons (Fsp3) is 0.273. The van der Waals surface area contributed by atoms with Crippen molar-refractivity contribution in [3.05, 3.63) is 48.5 Å². The van der Waals surface area contributed by atoms with Crippen molar-refractivity contribution in [1.29, 1.82) is 0 Å². The summed E-state index contributed by atoms with van der Waals surface area (Å²) in [6.45, 7) is 5.33. The number of carbonyl (C=O) groups excluding carboxylic acids is 1. The van der Waals surface area contributed by atoms with Gasteiger partial charge in [0.15, 0.2) is 11.0 Å². The molecule has 4 rings (SSSR count). The molecule has 182 valence electrons. The number of nitrogens with one attached hydrogen (secondary N) is 1. The Labute approximate surface area is 203 Å². The molecule has 0 aliphatic carbocycles. The molecule has 0 aliphatic heterocycles. The molecule has 1 N–H and O–H groups in total. The highest BCUT2D eigenvalue weighted by molar-refractivity contribution is 7.99. The van der Waals surface area contributed by atoms with Crippen molar-refractivity contribution >= 4 is 23.7 Å². The van der Waals surface area contributed by atoms with Crippen LogP contribution in [0, 0.1) is 0 Å². The molecule has 0 radical (unpaired) electrons. The third-order valence-electron chi connectivity index (χ3n) is 4.42. The van der Waals surface area contributed by atoms with Crippen LogP contribution >= 0.6 is 11.8 Å². The molecule has 35 heavy (non-hydrogen) atoms. The Balaban J connectivity index is 1.43. The Hall–Kier alpha value is -3.87. The first-order valence-electron chi connectivity index (χ1n) is 10.3. The highest BCUT2D eigenvalue weighted by atomic mass is 32.2. The maximum absolute atomic E-state index is 12.6. The standard InChI is InChI=1S/C22H21F2N7O3S/c1-22(2,3)34-21(32)26-15-10-7-13(11-25-15)17-27-30-20(31(17)4)35-14-8-5-12(6-9-14)18-28-29-19(33-18)16(23)24/h5-11,16H,1-4H3,(H,25,26,32). The quantitative estimate of drug-likeness (QED) is 0.372. The van der Waals surface area contributed by atoms with E-state index < -0.39 is 24.0 Å². The minimum Gasteiger partial charge on any atom is -0.444 e. The molecule has 3 aromatic heterocycles. The van der Waals surface area contributed by atoms with E-state index in [1.165, 1.54) is 11.8 Å². The van der Waals surface area contributed by atoms with E-state index >= 15 is 0 Å². The second-order valence-electron chi connectivity index (χ2n) is 8.30. The van der Waals surface area contributed by atoms with Crippen molar-refractivity contribution in [3.8, 4) is 22.8 Å². The molecule has 0 unspecified atom stereocenters. The second kappa shape index (κ2) is 9.78. The van der Waals surface area contributed by atoms with E-state index in [9.17, 15) is 13.6 Å². The average molecular weight is 502 g/mol. The lowest BCUT2D eigenvalue weighted by Gasteiger charge is -2.19. The summed E-state index contributed by atoms with van der Waals surface area (Å²) in [6.07, 6.45) is -1.82. The fourth-order valence-corrected chi connectivity index (χ4v) is 3.66. The van der Waals surface area contributed by atoms with Crippen LogP contribution < -0.4 is 5.32 Å². The zero-order chi connectivity index (χ0) is 25.2. The van der Waals surface area contributed by atoms with Gasteiger partial charge in [0.05, 0.1) is 0 Å². The van der Waals surface area contributed by atoms with Crippen LogP contribution in [0.5, 0.6) is 0 Å². The van der Waals surface area contributed by atoms with Crippen LogP contribution in [0.4, 0.5) is 19.4 Å². The van der Waals surface area contributed by atoms with Crippen LogP contribution in [0.3, 0.4) is 0 Å². The van der Waals surface area contributed by atoms with Gasteiger partial charge in [0.2, 0.25) is 5.89 Å². The maximum Gasteiger partial charge on any atom is 0.413 e. The number of hydrogen-bond acceptors (Lipinski definition) is 9. The van der Waals surface area contributed by atoms with Gasteiger partial charge in [-0.25, -0.2) is 9.78 Å². The number of benzene rings is 1.